The van der Waals surface area contributed by atoms with Crippen LogP contribution >= 0.6 is 11.3 Å². The maximum Gasteiger partial charge on any atom is 0.322 e. The zero-order valence-electron chi connectivity index (χ0n) is 14.1. The number of carbonyl (C=O) groups excluding carboxylic acids is 1. The van der Waals surface area contributed by atoms with Crippen molar-refractivity contribution in [3.63, 3.8) is 0 Å². The first kappa shape index (κ1) is 16.9. The van der Waals surface area contributed by atoms with Gasteiger partial charge in [0.15, 0.2) is 0 Å². The lowest BCUT2D eigenvalue weighted by molar-refractivity contribution is 0.119. The summed E-state index contributed by atoms with van der Waals surface area (Å²) in [7, 11) is 0. The topological polar surface area (TPSA) is 61.4 Å². The van der Waals surface area contributed by atoms with Crippen LogP contribution in [0.3, 0.4) is 0 Å². The molecular formula is C17H23N5OS. The minimum Gasteiger partial charge on any atom is -0.322 e. The van der Waals surface area contributed by atoms with Crippen LogP contribution in [0, 0.1) is 0 Å². The summed E-state index contributed by atoms with van der Waals surface area (Å²) < 4.78 is 0. The Balaban J connectivity index is 1.51. The number of thiophene rings is 1. The highest BCUT2D eigenvalue weighted by Crippen LogP contribution is 2.23. The summed E-state index contributed by atoms with van der Waals surface area (Å²) in [4.78, 5) is 25.1. The third-order valence-corrected chi connectivity index (χ3v) is 5.15. The number of urea groups is 1. The Hall–Kier alpha value is -1.99. The van der Waals surface area contributed by atoms with Crippen LogP contribution in [0.15, 0.2) is 29.2 Å². The molecule has 3 heterocycles. The van der Waals surface area contributed by atoms with Gasteiger partial charge in [-0.3, -0.25) is 4.90 Å². The van der Waals surface area contributed by atoms with Crippen molar-refractivity contribution in [3.8, 4) is 0 Å². The molecule has 24 heavy (non-hydrogen) atoms. The van der Waals surface area contributed by atoms with Gasteiger partial charge in [0.1, 0.15) is 5.82 Å². The highest BCUT2D eigenvalue weighted by molar-refractivity contribution is 7.07. The van der Waals surface area contributed by atoms with E-state index >= 15 is 0 Å². The normalized spacial score (nSPS) is 16.8. The molecule has 1 unspecified atom stereocenters. The van der Waals surface area contributed by atoms with Gasteiger partial charge >= 0.3 is 6.03 Å². The molecule has 0 bridgehead atoms. The van der Waals surface area contributed by atoms with E-state index < -0.39 is 0 Å². The number of hydrogen-bond donors (Lipinski definition) is 1. The van der Waals surface area contributed by atoms with Gasteiger partial charge in [0.25, 0.3) is 0 Å². The van der Waals surface area contributed by atoms with Gasteiger partial charge < -0.3 is 10.2 Å². The summed E-state index contributed by atoms with van der Waals surface area (Å²) in [6, 6.07) is 2.50. The zero-order valence-corrected chi connectivity index (χ0v) is 14.9. The van der Waals surface area contributed by atoms with Crippen LogP contribution in [0.1, 0.15) is 31.3 Å². The predicted octanol–water partition coefficient (Wildman–Crippen LogP) is 3.01. The first-order valence-electron chi connectivity index (χ1n) is 8.30. The molecule has 6 nitrogen and oxygen atoms in total. The Morgan fingerprint density at radius 3 is 2.58 bits per heavy atom. The number of piperazine rings is 1. The summed E-state index contributed by atoms with van der Waals surface area (Å²) in [5.74, 6) is 0.782. The quantitative estimate of drug-likeness (QED) is 0.925. The second-order valence-electron chi connectivity index (χ2n) is 5.93. The van der Waals surface area contributed by atoms with Crippen LogP contribution in [0.25, 0.3) is 0 Å². The number of amides is 2. The second-order valence-corrected chi connectivity index (χ2v) is 6.71. The molecule has 1 saturated heterocycles. The molecule has 2 amide bonds. The Labute approximate surface area is 146 Å². The van der Waals surface area contributed by atoms with Gasteiger partial charge in [-0.25, -0.2) is 14.8 Å². The third-order valence-electron chi connectivity index (χ3n) is 4.45. The first-order valence-corrected chi connectivity index (χ1v) is 9.24. The van der Waals surface area contributed by atoms with Gasteiger partial charge in [0, 0.05) is 38.6 Å². The molecular weight excluding hydrogens is 322 g/mol. The van der Waals surface area contributed by atoms with Crippen molar-refractivity contribution in [2.75, 3.05) is 31.5 Å². The standard InChI is InChI=1S/C17H23N5OS/c1-3-16-18-10-15(11-19-16)20-17(23)22-7-5-21(6-8-22)13(2)14-4-9-24-12-14/h4,9-13H,3,5-8H2,1-2H3,(H,20,23). The van der Waals surface area contributed by atoms with E-state index in [4.69, 9.17) is 0 Å². The van der Waals surface area contributed by atoms with Crippen LogP contribution in [0.5, 0.6) is 0 Å². The molecule has 1 fully saturated rings. The maximum atomic E-state index is 12.4. The largest absolute Gasteiger partial charge is 0.322 e. The number of nitrogens with zero attached hydrogens (tertiary/aromatic N) is 4. The Kier molecular flexibility index (Phi) is 5.42. The fraction of sp³-hybridized carbons (Fsp3) is 0.471. The number of anilines is 1. The molecule has 3 rings (SSSR count). The van der Waals surface area contributed by atoms with E-state index in [2.05, 4.69) is 43.9 Å². The molecule has 1 atom stereocenters. The molecule has 0 radical (unpaired) electrons. The molecule has 1 N–H and O–H groups in total. The van der Waals surface area contributed by atoms with Gasteiger partial charge in [-0.2, -0.15) is 11.3 Å². The van der Waals surface area contributed by atoms with Crippen LogP contribution < -0.4 is 5.32 Å². The average molecular weight is 345 g/mol. The number of rotatable bonds is 4. The van der Waals surface area contributed by atoms with Gasteiger partial charge in [0.05, 0.1) is 18.1 Å². The van der Waals surface area contributed by atoms with E-state index in [1.54, 1.807) is 23.7 Å². The Bertz CT molecular complexity index is 650. The van der Waals surface area contributed by atoms with Crippen LogP contribution in [0.4, 0.5) is 10.5 Å². The summed E-state index contributed by atoms with van der Waals surface area (Å²) in [6.07, 6.45) is 4.12. The van der Waals surface area contributed by atoms with Crippen molar-refractivity contribution < 1.29 is 4.79 Å². The fourth-order valence-corrected chi connectivity index (χ4v) is 3.59. The molecule has 2 aromatic heterocycles. The SMILES string of the molecule is CCc1ncc(NC(=O)N2CCN(C(C)c3ccsc3)CC2)cn1. The van der Waals surface area contributed by atoms with Crippen LogP contribution in [-0.4, -0.2) is 52.0 Å². The van der Waals surface area contributed by atoms with Crippen LogP contribution in [0.2, 0.25) is 0 Å². The molecule has 2 aromatic rings. The van der Waals surface area contributed by atoms with Crippen molar-refractivity contribution in [1.29, 1.82) is 0 Å². The molecule has 0 spiro atoms. The average Bonchev–Trinajstić information content (AvgIpc) is 3.16. The van der Waals surface area contributed by atoms with Gasteiger partial charge in [-0.1, -0.05) is 6.92 Å². The summed E-state index contributed by atoms with van der Waals surface area (Å²) >= 11 is 1.73. The highest BCUT2D eigenvalue weighted by atomic mass is 32.1. The number of aryl methyl sites for hydroxylation is 1. The molecule has 0 aromatic carbocycles. The molecule has 1 aliphatic rings. The van der Waals surface area contributed by atoms with Crippen molar-refractivity contribution >= 4 is 23.1 Å². The highest BCUT2D eigenvalue weighted by Gasteiger charge is 2.25. The summed E-state index contributed by atoms with van der Waals surface area (Å²) in [5, 5.41) is 7.19. The minimum atomic E-state index is -0.0781. The van der Waals surface area contributed by atoms with Crippen molar-refractivity contribution in [2.45, 2.75) is 26.3 Å². The van der Waals surface area contributed by atoms with Gasteiger partial charge in [-0.15, -0.1) is 0 Å². The lowest BCUT2D eigenvalue weighted by Gasteiger charge is -2.37. The van der Waals surface area contributed by atoms with E-state index in [1.807, 2.05) is 11.8 Å². The first-order chi connectivity index (χ1) is 11.7. The summed E-state index contributed by atoms with van der Waals surface area (Å²) in [6.45, 7) is 7.46. The van der Waals surface area contributed by atoms with E-state index in [-0.39, 0.29) is 6.03 Å². The van der Waals surface area contributed by atoms with E-state index in [0.717, 1.165) is 38.4 Å². The lowest BCUT2D eigenvalue weighted by atomic mass is 10.1. The summed E-state index contributed by atoms with van der Waals surface area (Å²) in [5.41, 5.74) is 2.00. The number of hydrogen-bond acceptors (Lipinski definition) is 5. The smallest absolute Gasteiger partial charge is 0.322 e. The molecule has 0 saturated carbocycles. The molecule has 128 valence electrons. The van der Waals surface area contributed by atoms with Gasteiger partial charge in [0.2, 0.25) is 0 Å². The van der Waals surface area contributed by atoms with Crippen molar-refractivity contribution in [1.82, 2.24) is 19.8 Å². The second kappa shape index (κ2) is 7.72. The van der Waals surface area contributed by atoms with Crippen molar-refractivity contribution in [2.24, 2.45) is 0 Å². The van der Waals surface area contributed by atoms with E-state index in [9.17, 15) is 4.79 Å². The van der Waals surface area contributed by atoms with Crippen molar-refractivity contribution in [3.05, 3.63) is 40.6 Å². The zero-order chi connectivity index (χ0) is 16.9. The van der Waals surface area contributed by atoms with E-state index in [1.165, 1.54) is 5.56 Å². The Morgan fingerprint density at radius 2 is 2.00 bits per heavy atom. The monoisotopic (exact) mass is 345 g/mol. The van der Waals surface area contributed by atoms with E-state index in [0.29, 0.717) is 11.7 Å². The predicted molar refractivity (Wildman–Crippen MR) is 96.3 cm³/mol. The molecule has 7 heteroatoms. The molecule has 0 aliphatic carbocycles. The molecule has 1 aliphatic heterocycles. The van der Waals surface area contributed by atoms with Crippen LogP contribution in [-0.2, 0) is 6.42 Å². The number of nitrogens with one attached hydrogen (secondary N) is 1. The number of carbonyl (C=O) groups is 1. The maximum absolute atomic E-state index is 12.4. The van der Waals surface area contributed by atoms with Gasteiger partial charge in [-0.05, 0) is 29.3 Å². The fourth-order valence-electron chi connectivity index (χ4n) is 2.84. The number of aromatic nitrogens is 2. The Morgan fingerprint density at radius 1 is 1.29 bits per heavy atom. The lowest BCUT2D eigenvalue weighted by Crippen LogP contribution is -2.50. The minimum absolute atomic E-state index is 0.0781. The third kappa shape index (κ3) is 3.91.